The molecule has 0 aliphatic carbocycles. The Bertz CT molecular complexity index is 663. The molecule has 0 amide bonds. The van der Waals surface area contributed by atoms with E-state index in [-0.39, 0.29) is 5.96 Å². The van der Waals surface area contributed by atoms with Crippen molar-refractivity contribution in [3.05, 3.63) is 29.8 Å². The van der Waals surface area contributed by atoms with Crippen LogP contribution in [-0.4, -0.2) is 17.0 Å². The lowest BCUT2D eigenvalue weighted by Crippen LogP contribution is -2.23. The van der Waals surface area contributed by atoms with Crippen LogP contribution in [0.4, 0.5) is 5.69 Å². The van der Waals surface area contributed by atoms with Crippen LogP contribution in [0.1, 0.15) is 140 Å². The molecule has 0 saturated carbocycles. The Morgan fingerprint density at radius 2 is 1.21 bits per heavy atom. The number of anilines is 1. The summed E-state index contributed by atoms with van der Waals surface area (Å²) in [6.45, 7) is 2.28. The summed E-state index contributed by atoms with van der Waals surface area (Å²) in [4.78, 5) is 11.8. The predicted octanol–water partition coefficient (Wildman–Crippen LogP) is 8.59. The Kier molecular flexibility index (Phi) is 17.9. The second-order valence-corrected chi connectivity index (χ2v) is 9.82. The Morgan fingerprint density at radius 3 is 1.62 bits per heavy atom. The molecule has 1 unspecified atom stereocenters. The second-order valence-electron chi connectivity index (χ2n) is 9.82. The molecule has 0 radical (unpaired) electrons. The average molecular weight is 474 g/mol. The number of aliphatic carboxylic acids is 1. The number of rotatable bonds is 22. The normalized spacial score (nSPS) is 11.9. The second kappa shape index (κ2) is 20.3. The molecule has 0 bridgehead atoms. The number of nitrogens with two attached hydrogens (primary N) is 1. The van der Waals surface area contributed by atoms with Gasteiger partial charge in [-0.1, -0.05) is 141 Å². The van der Waals surface area contributed by atoms with Gasteiger partial charge in [-0.25, -0.2) is 0 Å². The fourth-order valence-electron chi connectivity index (χ4n) is 4.72. The lowest BCUT2D eigenvalue weighted by molar-refractivity contribution is -0.139. The molecule has 0 spiro atoms. The van der Waals surface area contributed by atoms with Crippen molar-refractivity contribution in [1.29, 1.82) is 5.41 Å². The Hall–Kier alpha value is -2.04. The highest BCUT2D eigenvalue weighted by atomic mass is 16.4. The SMILES string of the molecule is CCCCCCCCCCCCCCCCCCCCC(C(=O)O)c1ccccc1NC(=N)N. The van der Waals surface area contributed by atoms with E-state index in [4.69, 9.17) is 11.1 Å². The van der Waals surface area contributed by atoms with E-state index in [0.29, 0.717) is 17.7 Å². The van der Waals surface area contributed by atoms with Crippen LogP contribution in [0.5, 0.6) is 0 Å². The summed E-state index contributed by atoms with van der Waals surface area (Å²) in [7, 11) is 0. The van der Waals surface area contributed by atoms with Crippen LogP contribution in [0.25, 0.3) is 0 Å². The number of guanidine groups is 1. The monoisotopic (exact) mass is 473 g/mol. The van der Waals surface area contributed by atoms with E-state index in [1.54, 1.807) is 6.07 Å². The molecule has 34 heavy (non-hydrogen) atoms. The van der Waals surface area contributed by atoms with Gasteiger partial charge >= 0.3 is 5.97 Å². The highest BCUT2D eigenvalue weighted by Crippen LogP contribution is 2.29. The zero-order valence-electron chi connectivity index (χ0n) is 21.8. The van der Waals surface area contributed by atoms with Crippen molar-refractivity contribution in [3.63, 3.8) is 0 Å². The summed E-state index contributed by atoms with van der Waals surface area (Å²) in [5.41, 5.74) is 6.76. The zero-order valence-corrected chi connectivity index (χ0v) is 21.8. The molecule has 194 valence electrons. The number of nitrogens with one attached hydrogen (secondary N) is 2. The molecule has 0 heterocycles. The Morgan fingerprint density at radius 1 is 0.794 bits per heavy atom. The van der Waals surface area contributed by atoms with Gasteiger partial charge in [0.2, 0.25) is 0 Å². The minimum Gasteiger partial charge on any atom is -0.481 e. The quantitative estimate of drug-likeness (QED) is 0.0769. The topological polar surface area (TPSA) is 99.2 Å². The van der Waals surface area contributed by atoms with Gasteiger partial charge in [0.15, 0.2) is 5.96 Å². The number of hydrogen-bond acceptors (Lipinski definition) is 2. The summed E-state index contributed by atoms with van der Waals surface area (Å²) in [5, 5.41) is 19.9. The van der Waals surface area contributed by atoms with Crippen molar-refractivity contribution in [3.8, 4) is 0 Å². The van der Waals surface area contributed by atoms with Gasteiger partial charge in [-0.3, -0.25) is 10.2 Å². The first-order chi connectivity index (χ1) is 16.6. The van der Waals surface area contributed by atoms with Crippen molar-refractivity contribution < 1.29 is 9.90 Å². The molecular formula is C29H51N3O2. The molecular weight excluding hydrogens is 422 g/mol. The smallest absolute Gasteiger partial charge is 0.311 e. The van der Waals surface area contributed by atoms with Crippen LogP contribution in [0.3, 0.4) is 0 Å². The molecule has 0 aromatic heterocycles. The van der Waals surface area contributed by atoms with E-state index in [2.05, 4.69) is 12.2 Å². The largest absolute Gasteiger partial charge is 0.481 e. The molecule has 0 saturated heterocycles. The van der Waals surface area contributed by atoms with Crippen LogP contribution in [0.15, 0.2) is 24.3 Å². The number of carbonyl (C=O) groups is 1. The standard InChI is InChI=1S/C29H51N3O2/c1-2-3-4-5-6-7-8-9-10-11-12-13-14-15-16-17-18-19-23-26(28(33)34)25-22-20-21-24-27(25)32-29(30)31/h20-22,24,26H,2-19,23H2,1H3,(H,33,34)(H4,30,31,32). The van der Waals surface area contributed by atoms with E-state index in [9.17, 15) is 9.90 Å². The molecule has 1 aromatic rings. The Balaban J connectivity index is 2.02. The fourth-order valence-corrected chi connectivity index (χ4v) is 4.72. The van der Waals surface area contributed by atoms with E-state index < -0.39 is 11.9 Å². The molecule has 0 aliphatic rings. The number of carboxylic acids is 1. The Labute approximate surface area is 208 Å². The van der Waals surface area contributed by atoms with Gasteiger partial charge in [-0.05, 0) is 18.1 Å². The molecule has 5 N–H and O–H groups in total. The van der Waals surface area contributed by atoms with Crippen LogP contribution >= 0.6 is 0 Å². The van der Waals surface area contributed by atoms with Crippen molar-refractivity contribution in [2.45, 2.75) is 135 Å². The predicted molar refractivity (Wildman–Crippen MR) is 146 cm³/mol. The highest BCUT2D eigenvalue weighted by molar-refractivity contribution is 5.92. The average Bonchev–Trinajstić information content (AvgIpc) is 2.81. The zero-order chi connectivity index (χ0) is 24.9. The van der Waals surface area contributed by atoms with Crippen molar-refractivity contribution in [2.75, 3.05) is 5.32 Å². The minimum absolute atomic E-state index is 0.176. The molecule has 5 heteroatoms. The van der Waals surface area contributed by atoms with Gasteiger partial charge in [-0.2, -0.15) is 0 Å². The minimum atomic E-state index is -0.815. The summed E-state index contributed by atoms with van der Waals surface area (Å²) in [6.07, 6.45) is 24.5. The summed E-state index contributed by atoms with van der Waals surface area (Å²) in [5.74, 6) is -1.56. The van der Waals surface area contributed by atoms with E-state index >= 15 is 0 Å². The first kappa shape index (κ1) is 30.0. The van der Waals surface area contributed by atoms with Gasteiger partial charge in [0.05, 0.1) is 5.92 Å². The third-order valence-electron chi connectivity index (χ3n) is 6.75. The maximum atomic E-state index is 11.8. The lowest BCUT2D eigenvalue weighted by Gasteiger charge is -2.17. The van der Waals surface area contributed by atoms with Gasteiger partial charge in [0.25, 0.3) is 0 Å². The van der Waals surface area contributed by atoms with Gasteiger partial charge in [0.1, 0.15) is 0 Å². The maximum Gasteiger partial charge on any atom is 0.311 e. The maximum absolute atomic E-state index is 11.8. The molecule has 1 atom stereocenters. The number of benzene rings is 1. The number of hydrogen-bond donors (Lipinski definition) is 4. The molecule has 1 aromatic carbocycles. The third-order valence-corrected chi connectivity index (χ3v) is 6.75. The molecule has 1 rings (SSSR count). The summed E-state index contributed by atoms with van der Waals surface area (Å²) in [6, 6.07) is 7.26. The highest BCUT2D eigenvalue weighted by Gasteiger charge is 2.22. The van der Waals surface area contributed by atoms with E-state index in [1.165, 1.54) is 103 Å². The summed E-state index contributed by atoms with van der Waals surface area (Å²) < 4.78 is 0. The van der Waals surface area contributed by atoms with Crippen LogP contribution in [0, 0.1) is 5.41 Å². The summed E-state index contributed by atoms with van der Waals surface area (Å²) >= 11 is 0. The first-order valence-electron chi connectivity index (χ1n) is 14.0. The van der Waals surface area contributed by atoms with Gasteiger partial charge in [0, 0.05) is 5.69 Å². The van der Waals surface area contributed by atoms with Crippen molar-refractivity contribution in [2.24, 2.45) is 5.73 Å². The molecule has 0 fully saturated rings. The molecule has 0 aliphatic heterocycles. The third kappa shape index (κ3) is 15.0. The van der Waals surface area contributed by atoms with Crippen LogP contribution < -0.4 is 11.1 Å². The van der Waals surface area contributed by atoms with Crippen molar-refractivity contribution >= 4 is 17.6 Å². The van der Waals surface area contributed by atoms with Gasteiger partial charge in [-0.15, -0.1) is 0 Å². The van der Waals surface area contributed by atoms with Crippen molar-refractivity contribution in [1.82, 2.24) is 0 Å². The fraction of sp³-hybridized carbons (Fsp3) is 0.724. The number of carboxylic acid groups (broad SMARTS) is 1. The van der Waals surface area contributed by atoms with E-state index in [1.807, 2.05) is 18.2 Å². The first-order valence-corrected chi connectivity index (χ1v) is 14.0. The van der Waals surface area contributed by atoms with E-state index in [0.717, 1.165) is 12.8 Å². The number of para-hydroxylation sites is 1. The number of unbranched alkanes of at least 4 members (excludes halogenated alkanes) is 17. The van der Waals surface area contributed by atoms with Crippen LogP contribution in [-0.2, 0) is 4.79 Å². The molecule has 5 nitrogen and oxygen atoms in total. The van der Waals surface area contributed by atoms with Gasteiger partial charge < -0.3 is 16.2 Å². The van der Waals surface area contributed by atoms with Crippen LogP contribution in [0.2, 0.25) is 0 Å². The lowest BCUT2D eigenvalue weighted by atomic mass is 9.91.